The Hall–Kier alpha value is -3.40. The van der Waals surface area contributed by atoms with E-state index in [1.807, 2.05) is 43.3 Å². The summed E-state index contributed by atoms with van der Waals surface area (Å²) < 4.78 is 38.9. The predicted molar refractivity (Wildman–Crippen MR) is 152 cm³/mol. The minimum atomic E-state index is -3.70. The molecule has 2 N–H and O–H groups in total. The van der Waals surface area contributed by atoms with Crippen LogP contribution in [0.1, 0.15) is 46.1 Å². The average Bonchev–Trinajstić information content (AvgIpc) is 3.64. The Morgan fingerprint density at radius 1 is 1.05 bits per heavy atom. The number of hydrogen-bond donors (Lipinski definition) is 2. The van der Waals surface area contributed by atoms with Gasteiger partial charge in [0.15, 0.2) is 11.5 Å². The van der Waals surface area contributed by atoms with E-state index in [2.05, 4.69) is 5.32 Å². The number of nitrogens with zero attached hydrogens (tertiary/aromatic N) is 1. The van der Waals surface area contributed by atoms with Crippen LogP contribution in [0.4, 0.5) is 5.69 Å². The van der Waals surface area contributed by atoms with Crippen LogP contribution in [0, 0.1) is 6.92 Å². The lowest BCUT2D eigenvalue weighted by Gasteiger charge is -2.33. The van der Waals surface area contributed by atoms with Crippen LogP contribution in [-0.4, -0.2) is 49.7 Å². The fourth-order valence-corrected chi connectivity index (χ4v) is 7.33. The Kier molecular flexibility index (Phi) is 6.61. The van der Waals surface area contributed by atoms with E-state index in [4.69, 9.17) is 9.47 Å². The van der Waals surface area contributed by atoms with Gasteiger partial charge in [-0.2, -0.15) is 4.31 Å². The molecule has 3 aromatic rings. The molecule has 0 spiro atoms. The number of amides is 1. The van der Waals surface area contributed by atoms with Gasteiger partial charge in [-0.3, -0.25) is 4.79 Å². The Bertz CT molecular complexity index is 1530. The summed E-state index contributed by atoms with van der Waals surface area (Å²) in [6.07, 6.45) is 3.91. The van der Waals surface area contributed by atoms with Gasteiger partial charge in [0.2, 0.25) is 22.7 Å². The molecule has 208 valence electrons. The molecule has 1 amide bonds. The van der Waals surface area contributed by atoms with Crippen molar-refractivity contribution in [3.8, 4) is 22.6 Å². The molecule has 39 heavy (non-hydrogen) atoms. The Morgan fingerprint density at radius 3 is 2.56 bits per heavy atom. The number of nitrogens with one attached hydrogen (secondary N) is 1. The Labute approximate surface area is 231 Å². The molecule has 0 bridgehead atoms. The summed E-state index contributed by atoms with van der Waals surface area (Å²) in [6, 6.07) is 17.9. The maximum absolute atomic E-state index is 13.4. The Balaban J connectivity index is 0.00000194. The molecular formula is C30H36N2O6S. The first-order chi connectivity index (χ1) is 18.8. The second-order valence-corrected chi connectivity index (χ2v) is 12.5. The van der Waals surface area contributed by atoms with Crippen LogP contribution in [0.5, 0.6) is 11.5 Å². The summed E-state index contributed by atoms with van der Waals surface area (Å²) in [5.41, 5.74) is 3.81. The molecule has 1 atom stereocenters. The first-order valence-corrected chi connectivity index (χ1v) is 14.8. The standard InChI is InChI=1S/C30H32N2O6S.2H2/c1-20-5-9-23(31-29(34)30(13-14-30)22-8-12-27-28(16-22)38-19-37-27)17-26(20)21-6-10-25(11-7-21)39(35,36)32-15-3-2-4-24(32)18-33;;/h5-12,16-17,24,33H,2-4,13-15,18-19H2,1H3,(H,31,34);2*1H. The highest BCUT2D eigenvalue weighted by molar-refractivity contribution is 7.89. The number of aliphatic hydroxyl groups excluding tert-OH is 1. The van der Waals surface area contributed by atoms with Crippen molar-refractivity contribution >= 4 is 21.6 Å². The zero-order valence-electron chi connectivity index (χ0n) is 21.9. The molecule has 8 nitrogen and oxygen atoms in total. The first-order valence-electron chi connectivity index (χ1n) is 13.4. The molecule has 6 rings (SSSR count). The van der Waals surface area contributed by atoms with Gasteiger partial charge in [-0.05, 0) is 91.3 Å². The highest BCUT2D eigenvalue weighted by Gasteiger charge is 2.51. The lowest BCUT2D eigenvalue weighted by atomic mass is 9.94. The van der Waals surface area contributed by atoms with Crippen LogP contribution in [0.2, 0.25) is 0 Å². The number of piperidine rings is 1. The van der Waals surface area contributed by atoms with Gasteiger partial charge in [-0.1, -0.05) is 30.7 Å². The summed E-state index contributed by atoms with van der Waals surface area (Å²) in [7, 11) is -3.70. The molecule has 0 aromatic heterocycles. The summed E-state index contributed by atoms with van der Waals surface area (Å²) in [4.78, 5) is 13.6. The van der Waals surface area contributed by atoms with Crippen molar-refractivity contribution < 1.29 is 30.6 Å². The van der Waals surface area contributed by atoms with Crippen molar-refractivity contribution in [2.75, 3.05) is 25.3 Å². The third kappa shape index (κ3) is 4.68. The number of hydrogen-bond acceptors (Lipinski definition) is 6. The van der Waals surface area contributed by atoms with E-state index in [1.165, 1.54) is 4.31 Å². The van der Waals surface area contributed by atoms with Crippen molar-refractivity contribution in [1.29, 1.82) is 0 Å². The van der Waals surface area contributed by atoms with Gasteiger partial charge in [-0.15, -0.1) is 0 Å². The molecule has 1 saturated carbocycles. The van der Waals surface area contributed by atoms with Gasteiger partial charge in [0.05, 0.1) is 16.9 Å². The van der Waals surface area contributed by atoms with E-state index in [9.17, 15) is 18.3 Å². The van der Waals surface area contributed by atoms with Crippen LogP contribution in [-0.2, 0) is 20.2 Å². The maximum Gasteiger partial charge on any atom is 0.243 e. The van der Waals surface area contributed by atoms with E-state index in [0.29, 0.717) is 30.2 Å². The van der Waals surface area contributed by atoms with Gasteiger partial charge in [0, 0.05) is 21.1 Å². The molecular weight excluding hydrogens is 516 g/mol. The predicted octanol–water partition coefficient (Wildman–Crippen LogP) is 5.09. The maximum atomic E-state index is 13.4. The van der Waals surface area contributed by atoms with Crippen LogP contribution < -0.4 is 14.8 Å². The summed E-state index contributed by atoms with van der Waals surface area (Å²) in [6.45, 7) is 2.42. The highest BCUT2D eigenvalue weighted by Crippen LogP contribution is 2.51. The molecule has 3 aromatic carbocycles. The minimum Gasteiger partial charge on any atom is -0.454 e. The van der Waals surface area contributed by atoms with Crippen LogP contribution in [0.25, 0.3) is 11.1 Å². The van der Waals surface area contributed by atoms with Crippen LogP contribution >= 0.6 is 0 Å². The summed E-state index contributed by atoms with van der Waals surface area (Å²) in [5, 5.41) is 12.8. The smallest absolute Gasteiger partial charge is 0.243 e. The number of ether oxygens (including phenoxy) is 2. The molecule has 9 heteroatoms. The van der Waals surface area contributed by atoms with Gasteiger partial charge in [0.25, 0.3) is 0 Å². The van der Waals surface area contributed by atoms with Crippen molar-refractivity contribution in [3.05, 3.63) is 71.8 Å². The quantitative estimate of drug-likeness (QED) is 0.423. The number of aryl methyl sites for hydroxylation is 1. The molecule has 1 aliphatic carbocycles. The second kappa shape index (κ2) is 9.97. The molecule has 3 aliphatic rings. The van der Waals surface area contributed by atoms with E-state index in [-0.39, 0.29) is 33.1 Å². The largest absolute Gasteiger partial charge is 0.454 e. The van der Waals surface area contributed by atoms with E-state index < -0.39 is 15.4 Å². The molecule has 1 saturated heterocycles. The topological polar surface area (TPSA) is 105 Å². The number of carbonyl (C=O) groups excluding carboxylic acids is 1. The van der Waals surface area contributed by atoms with Crippen molar-refractivity contribution in [2.24, 2.45) is 0 Å². The van der Waals surface area contributed by atoms with E-state index in [0.717, 1.165) is 47.9 Å². The number of rotatable bonds is 7. The lowest BCUT2D eigenvalue weighted by molar-refractivity contribution is -0.118. The van der Waals surface area contributed by atoms with Crippen LogP contribution in [0.15, 0.2) is 65.6 Å². The van der Waals surface area contributed by atoms with Gasteiger partial charge < -0.3 is 19.9 Å². The summed E-state index contributed by atoms with van der Waals surface area (Å²) >= 11 is 0. The summed E-state index contributed by atoms with van der Waals surface area (Å²) in [5.74, 6) is 1.31. The SMILES string of the molecule is Cc1ccc(NC(=O)C2(c3ccc4c(c3)OCO4)CC2)cc1-c1ccc(S(=O)(=O)N2CCCCC2CO)cc1.[HH].[HH]. The zero-order valence-corrected chi connectivity index (χ0v) is 22.7. The fourth-order valence-electron chi connectivity index (χ4n) is 5.64. The minimum absolute atomic E-state index is 0. The molecule has 0 radical (unpaired) electrons. The lowest BCUT2D eigenvalue weighted by Crippen LogP contribution is -2.45. The molecule has 2 aliphatic heterocycles. The van der Waals surface area contributed by atoms with Crippen LogP contribution in [0.3, 0.4) is 0 Å². The van der Waals surface area contributed by atoms with Crippen molar-refractivity contribution in [1.82, 2.24) is 4.31 Å². The highest BCUT2D eigenvalue weighted by atomic mass is 32.2. The number of aliphatic hydroxyl groups is 1. The van der Waals surface area contributed by atoms with E-state index in [1.54, 1.807) is 24.3 Å². The third-order valence-electron chi connectivity index (χ3n) is 8.16. The number of fused-ring (bicyclic) bond motifs is 1. The second-order valence-electron chi connectivity index (χ2n) is 10.6. The van der Waals surface area contributed by atoms with Gasteiger partial charge in [0.1, 0.15) is 0 Å². The van der Waals surface area contributed by atoms with Crippen molar-refractivity contribution in [2.45, 2.75) is 55.4 Å². The zero-order chi connectivity index (χ0) is 27.2. The van der Waals surface area contributed by atoms with Gasteiger partial charge >= 0.3 is 0 Å². The number of benzene rings is 3. The molecule has 2 fully saturated rings. The number of carbonyl (C=O) groups is 1. The molecule has 1 unspecified atom stereocenters. The van der Waals surface area contributed by atoms with Crippen molar-refractivity contribution in [3.63, 3.8) is 0 Å². The number of anilines is 1. The third-order valence-corrected chi connectivity index (χ3v) is 10.1. The normalized spacial score (nSPS) is 20.0. The van der Waals surface area contributed by atoms with Gasteiger partial charge in [-0.25, -0.2) is 8.42 Å². The monoisotopic (exact) mass is 552 g/mol. The first kappa shape index (κ1) is 25.9. The number of sulfonamides is 1. The van der Waals surface area contributed by atoms with E-state index >= 15 is 0 Å². The average molecular weight is 553 g/mol. The molecule has 2 heterocycles. The fraction of sp³-hybridized carbons (Fsp3) is 0.367. The Morgan fingerprint density at radius 2 is 1.82 bits per heavy atom.